The van der Waals surface area contributed by atoms with E-state index in [1.807, 2.05) is 6.07 Å². The molecular weight excluding hydrogens is 282 g/mol. The second-order valence-electron chi connectivity index (χ2n) is 5.64. The van der Waals surface area contributed by atoms with Crippen LogP contribution in [-0.4, -0.2) is 13.7 Å². The molecule has 0 bridgehead atoms. The lowest BCUT2D eigenvalue weighted by Crippen LogP contribution is -2.29. The lowest BCUT2D eigenvalue weighted by Gasteiger charge is -2.28. The van der Waals surface area contributed by atoms with Crippen molar-refractivity contribution in [2.45, 2.75) is 58.9 Å². The summed E-state index contributed by atoms with van der Waals surface area (Å²) in [5.41, 5.74) is 1.28. The van der Waals surface area contributed by atoms with Crippen LogP contribution < -0.4 is 10.1 Å². The van der Waals surface area contributed by atoms with E-state index in [9.17, 15) is 0 Å². The number of nitrogens with one attached hydrogen (secondary N) is 1. The van der Waals surface area contributed by atoms with Gasteiger partial charge in [-0.25, -0.2) is 0 Å². The Bertz CT molecular complexity index is 408. The molecule has 0 spiro atoms. The molecule has 1 aromatic rings. The van der Waals surface area contributed by atoms with Crippen LogP contribution in [0.15, 0.2) is 18.2 Å². The minimum Gasteiger partial charge on any atom is -0.495 e. The molecule has 21 heavy (non-hydrogen) atoms. The molecule has 0 aromatic heterocycles. The van der Waals surface area contributed by atoms with E-state index in [4.69, 9.17) is 16.3 Å². The summed E-state index contributed by atoms with van der Waals surface area (Å²) in [6.45, 7) is 7.79. The lowest BCUT2D eigenvalue weighted by atomic mass is 9.86. The van der Waals surface area contributed by atoms with Crippen molar-refractivity contribution in [1.82, 2.24) is 5.32 Å². The van der Waals surface area contributed by atoms with E-state index in [0.29, 0.717) is 17.0 Å². The van der Waals surface area contributed by atoms with Crippen LogP contribution in [0.25, 0.3) is 0 Å². The Morgan fingerprint density at radius 3 is 2.52 bits per heavy atom. The van der Waals surface area contributed by atoms with Gasteiger partial charge in [-0.15, -0.1) is 0 Å². The van der Waals surface area contributed by atoms with Crippen molar-refractivity contribution < 1.29 is 4.74 Å². The fourth-order valence-electron chi connectivity index (χ4n) is 2.80. The zero-order valence-electron chi connectivity index (χ0n) is 13.9. The first kappa shape index (κ1) is 18.3. The third-order valence-corrected chi connectivity index (χ3v) is 4.39. The predicted molar refractivity (Wildman–Crippen MR) is 92.3 cm³/mol. The van der Waals surface area contributed by atoms with Crippen LogP contribution in [0.3, 0.4) is 0 Å². The molecule has 1 N–H and O–H groups in total. The van der Waals surface area contributed by atoms with Gasteiger partial charge in [-0.05, 0) is 43.0 Å². The van der Waals surface area contributed by atoms with Crippen LogP contribution >= 0.6 is 11.6 Å². The van der Waals surface area contributed by atoms with Gasteiger partial charge in [0.2, 0.25) is 0 Å². The molecule has 120 valence electrons. The number of rotatable bonds is 10. The molecule has 0 saturated carbocycles. The Kier molecular flexibility index (Phi) is 8.79. The van der Waals surface area contributed by atoms with Crippen LogP contribution in [0.1, 0.15) is 64.5 Å². The summed E-state index contributed by atoms with van der Waals surface area (Å²) in [4.78, 5) is 0. The van der Waals surface area contributed by atoms with Crippen LogP contribution in [-0.2, 0) is 0 Å². The number of ether oxygens (including phenoxy) is 1. The maximum Gasteiger partial charge on any atom is 0.137 e. The highest BCUT2D eigenvalue weighted by Gasteiger charge is 2.21. The van der Waals surface area contributed by atoms with Crippen molar-refractivity contribution in [3.8, 4) is 5.75 Å². The Morgan fingerprint density at radius 2 is 1.95 bits per heavy atom. The highest BCUT2D eigenvalue weighted by Crippen LogP contribution is 2.33. The van der Waals surface area contributed by atoms with Gasteiger partial charge in [0.25, 0.3) is 0 Å². The van der Waals surface area contributed by atoms with E-state index in [1.165, 1.54) is 31.2 Å². The number of methoxy groups -OCH3 is 1. The zero-order chi connectivity index (χ0) is 15.7. The van der Waals surface area contributed by atoms with Crippen molar-refractivity contribution >= 4 is 11.6 Å². The minimum atomic E-state index is 0.382. The molecule has 0 saturated heterocycles. The first-order valence-electron chi connectivity index (χ1n) is 8.24. The summed E-state index contributed by atoms with van der Waals surface area (Å²) in [6, 6.07) is 6.55. The van der Waals surface area contributed by atoms with Gasteiger partial charge in [0.05, 0.1) is 12.1 Å². The molecule has 2 nitrogen and oxygen atoms in total. The number of hydrogen-bond acceptors (Lipinski definition) is 2. The minimum absolute atomic E-state index is 0.382. The van der Waals surface area contributed by atoms with Gasteiger partial charge in [-0.3, -0.25) is 0 Å². The van der Waals surface area contributed by atoms with Crippen molar-refractivity contribution in [3.05, 3.63) is 28.8 Å². The van der Waals surface area contributed by atoms with Gasteiger partial charge in [-0.2, -0.15) is 0 Å². The Balaban J connectivity index is 2.99. The number of halogens is 1. The number of unbranched alkanes of at least 4 members (excludes halogenated alkanes) is 1. The number of benzene rings is 1. The molecule has 1 aromatic carbocycles. The van der Waals surface area contributed by atoms with Crippen LogP contribution in [0.2, 0.25) is 5.02 Å². The van der Waals surface area contributed by atoms with E-state index in [2.05, 4.69) is 38.2 Å². The molecule has 0 aliphatic heterocycles. The van der Waals surface area contributed by atoms with Gasteiger partial charge >= 0.3 is 0 Å². The Morgan fingerprint density at radius 1 is 1.19 bits per heavy atom. The van der Waals surface area contributed by atoms with Crippen molar-refractivity contribution in [1.29, 1.82) is 0 Å². The molecule has 2 atom stereocenters. The highest BCUT2D eigenvalue weighted by molar-refractivity contribution is 6.32. The van der Waals surface area contributed by atoms with E-state index in [-0.39, 0.29) is 0 Å². The molecule has 0 heterocycles. The first-order valence-corrected chi connectivity index (χ1v) is 8.62. The molecule has 0 aliphatic rings. The van der Waals surface area contributed by atoms with E-state index in [0.717, 1.165) is 18.7 Å². The quantitative estimate of drug-likeness (QED) is 0.606. The van der Waals surface area contributed by atoms with E-state index >= 15 is 0 Å². The molecule has 1 rings (SSSR count). The van der Waals surface area contributed by atoms with Gasteiger partial charge in [0.15, 0.2) is 0 Å². The fourth-order valence-corrected chi connectivity index (χ4v) is 2.99. The van der Waals surface area contributed by atoms with Crippen molar-refractivity contribution in [3.63, 3.8) is 0 Å². The molecular formula is C18H30ClNO. The summed E-state index contributed by atoms with van der Waals surface area (Å²) < 4.78 is 5.38. The SMILES string of the molecule is CCCCC(CC)C(NCCC)c1ccc(Cl)c(OC)c1. The third-order valence-electron chi connectivity index (χ3n) is 4.07. The molecule has 2 unspecified atom stereocenters. The zero-order valence-corrected chi connectivity index (χ0v) is 14.7. The standard InChI is InChI=1S/C18H30ClNO/c1-5-8-9-14(7-3)18(20-12-6-2)15-10-11-16(19)17(13-15)21-4/h10-11,13-14,18,20H,5-9,12H2,1-4H3. The average Bonchev–Trinajstić information content (AvgIpc) is 2.51. The van der Waals surface area contributed by atoms with Crippen LogP contribution in [0.4, 0.5) is 0 Å². The smallest absolute Gasteiger partial charge is 0.137 e. The molecule has 0 radical (unpaired) electrons. The van der Waals surface area contributed by atoms with Crippen molar-refractivity contribution in [2.75, 3.05) is 13.7 Å². The van der Waals surface area contributed by atoms with Gasteiger partial charge in [-0.1, -0.05) is 57.7 Å². The fraction of sp³-hybridized carbons (Fsp3) is 0.667. The number of hydrogen-bond donors (Lipinski definition) is 1. The Labute approximate surface area is 135 Å². The van der Waals surface area contributed by atoms with E-state index < -0.39 is 0 Å². The molecule has 3 heteroatoms. The maximum atomic E-state index is 6.16. The lowest BCUT2D eigenvalue weighted by molar-refractivity contribution is 0.322. The normalized spacial score (nSPS) is 14.0. The average molecular weight is 312 g/mol. The summed E-state index contributed by atoms with van der Waals surface area (Å²) in [6.07, 6.45) is 6.13. The van der Waals surface area contributed by atoms with Gasteiger partial charge in [0.1, 0.15) is 5.75 Å². The van der Waals surface area contributed by atoms with E-state index in [1.54, 1.807) is 7.11 Å². The maximum absolute atomic E-state index is 6.16. The second-order valence-corrected chi connectivity index (χ2v) is 6.04. The van der Waals surface area contributed by atoms with Crippen LogP contribution in [0, 0.1) is 5.92 Å². The monoisotopic (exact) mass is 311 g/mol. The van der Waals surface area contributed by atoms with Gasteiger partial charge < -0.3 is 10.1 Å². The van der Waals surface area contributed by atoms with Crippen LogP contribution in [0.5, 0.6) is 5.75 Å². The summed E-state index contributed by atoms with van der Waals surface area (Å²) in [5.74, 6) is 1.42. The summed E-state index contributed by atoms with van der Waals surface area (Å²) in [5, 5.41) is 4.40. The van der Waals surface area contributed by atoms with Crippen molar-refractivity contribution in [2.24, 2.45) is 5.92 Å². The molecule has 0 amide bonds. The summed E-state index contributed by atoms with van der Waals surface area (Å²) in [7, 11) is 1.67. The Hall–Kier alpha value is -0.730. The topological polar surface area (TPSA) is 21.3 Å². The molecule has 0 fully saturated rings. The first-order chi connectivity index (χ1) is 10.2. The summed E-state index contributed by atoms with van der Waals surface area (Å²) >= 11 is 6.16. The third kappa shape index (κ3) is 5.52. The highest BCUT2D eigenvalue weighted by atomic mass is 35.5. The van der Waals surface area contributed by atoms with Gasteiger partial charge in [0, 0.05) is 6.04 Å². The largest absolute Gasteiger partial charge is 0.495 e. The second kappa shape index (κ2) is 10.1. The predicted octanol–water partition coefficient (Wildman–Crippen LogP) is 5.61. The molecule has 0 aliphatic carbocycles.